The summed E-state index contributed by atoms with van der Waals surface area (Å²) in [5.41, 5.74) is 1.31. The Morgan fingerprint density at radius 2 is 1.95 bits per heavy atom. The van der Waals surface area contributed by atoms with Gasteiger partial charge >= 0.3 is 12.0 Å². The van der Waals surface area contributed by atoms with E-state index in [0.29, 0.717) is 24.3 Å². The molecule has 0 aliphatic carbocycles. The molecular formula is C15H18N2O4. The van der Waals surface area contributed by atoms with E-state index in [1.54, 1.807) is 24.0 Å². The first-order chi connectivity index (χ1) is 10.0. The van der Waals surface area contributed by atoms with Crippen LogP contribution in [-0.4, -0.2) is 47.3 Å². The van der Waals surface area contributed by atoms with Crippen molar-refractivity contribution in [1.29, 1.82) is 0 Å². The number of nitrogens with one attached hydrogen (secondary N) is 1. The molecule has 2 fully saturated rings. The predicted molar refractivity (Wildman–Crippen MR) is 76.6 cm³/mol. The van der Waals surface area contributed by atoms with Crippen molar-refractivity contribution >= 4 is 17.7 Å². The molecule has 2 heterocycles. The zero-order chi connectivity index (χ0) is 15.0. The highest BCUT2D eigenvalue weighted by Gasteiger charge is 2.35. The summed E-state index contributed by atoms with van der Waals surface area (Å²) in [6.07, 6.45) is 2.28. The molecule has 2 unspecified atom stereocenters. The van der Waals surface area contributed by atoms with Gasteiger partial charge in [0.25, 0.3) is 0 Å². The van der Waals surface area contributed by atoms with E-state index < -0.39 is 5.97 Å². The number of carbonyl (C=O) groups excluding carboxylic acids is 1. The number of benzene rings is 1. The average molecular weight is 290 g/mol. The number of amides is 2. The summed E-state index contributed by atoms with van der Waals surface area (Å²) >= 11 is 0. The maximum Gasteiger partial charge on any atom is 0.336 e. The van der Waals surface area contributed by atoms with Gasteiger partial charge in [-0.2, -0.15) is 0 Å². The molecule has 2 aliphatic rings. The lowest BCUT2D eigenvalue weighted by Crippen LogP contribution is -2.47. The minimum absolute atomic E-state index is 0.140. The van der Waals surface area contributed by atoms with Crippen LogP contribution in [0.5, 0.6) is 0 Å². The summed E-state index contributed by atoms with van der Waals surface area (Å²) < 4.78 is 5.70. The van der Waals surface area contributed by atoms with Gasteiger partial charge in [-0.05, 0) is 37.5 Å². The number of aromatic carboxylic acids is 1. The number of ether oxygens (including phenoxy) is 1. The maximum absolute atomic E-state index is 12.3. The molecule has 3 rings (SSSR count). The van der Waals surface area contributed by atoms with Crippen LogP contribution in [0.4, 0.5) is 10.5 Å². The lowest BCUT2D eigenvalue weighted by Gasteiger charge is -2.32. The van der Waals surface area contributed by atoms with Gasteiger partial charge in [-0.15, -0.1) is 0 Å². The van der Waals surface area contributed by atoms with E-state index in [1.165, 1.54) is 6.07 Å². The van der Waals surface area contributed by atoms with E-state index in [4.69, 9.17) is 9.84 Å². The maximum atomic E-state index is 12.3. The SMILES string of the molecule is Cc1c(NC(=O)N2CC3CCC(C2)O3)cccc1C(=O)O. The van der Waals surface area contributed by atoms with Gasteiger partial charge in [-0.25, -0.2) is 9.59 Å². The second kappa shape index (κ2) is 5.37. The molecule has 0 saturated carbocycles. The molecule has 0 aromatic heterocycles. The lowest BCUT2D eigenvalue weighted by atomic mass is 10.1. The van der Waals surface area contributed by atoms with Crippen LogP contribution in [0.3, 0.4) is 0 Å². The molecule has 2 N–H and O–H groups in total. The fourth-order valence-electron chi connectivity index (χ4n) is 2.98. The number of carboxylic acid groups (broad SMARTS) is 1. The molecule has 2 amide bonds. The van der Waals surface area contributed by atoms with Crippen molar-refractivity contribution in [3.8, 4) is 0 Å². The van der Waals surface area contributed by atoms with Crippen molar-refractivity contribution in [2.24, 2.45) is 0 Å². The number of morpholine rings is 1. The third-order valence-corrected chi connectivity index (χ3v) is 4.14. The summed E-state index contributed by atoms with van der Waals surface area (Å²) in [5.74, 6) is -0.993. The van der Waals surface area contributed by atoms with Crippen LogP contribution in [0.25, 0.3) is 0 Å². The number of anilines is 1. The summed E-state index contributed by atoms with van der Waals surface area (Å²) in [7, 11) is 0. The van der Waals surface area contributed by atoms with Gasteiger partial charge in [0.05, 0.1) is 17.8 Å². The topological polar surface area (TPSA) is 78.9 Å². The molecule has 2 aliphatic heterocycles. The Hall–Kier alpha value is -2.08. The second-order valence-corrected chi connectivity index (χ2v) is 5.58. The Bertz CT molecular complexity index is 575. The van der Waals surface area contributed by atoms with Gasteiger partial charge in [0.15, 0.2) is 0 Å². The van der Waals surface area contributed by atoms with Crippen LogP contribution in [0, 0.1) is 6.92 Å². The number of nitrogens with zero attached hydrogens (tertiary/aromatic N) is 1. The van der Waals surface area contributed by atoms with Gasteiger partial charge in [0.2, 0.25) is 0 Å². The van der Waals surface area contributed by atoms with Gasteiger partial charge in [0.1, 0.15) is 0 Å². The molecule has 2 bridgehead atoms. The largest absolute Gasteiger partial charge is 0.478 e. The van der Waals surface area contributed by atoms with Crippen LogP contribution in [0.2, 0.25) is 0 Å². The summed E-state index contributed by atoms with van der Waals surface area (Å²) in [4.78, 5) is 25.2. The van der Waals surface area contributed by atoms with Crippen LogP contribution in [-0.2, 0) is 4.74 Å². The minimum Gasteiger partial charge on any atom is -0.478 e. The molecule has 0 spiro atoms. The monoisotopic (exact) mass is 290 g/mol. The normalized spacial score (nSPS) is 24.0. The Kier molecular flexibility index (Phi) is 3.55. The zero-order valence-corrected chi connectivity index (χ0v) is 11.8. The third kappa shape index (κ3) is 2.71. The first-order valence-electron chi connectivity index (χ1n) is 7.09. The smallest absolute Gasteiger partial charge is 0.336 e. The molecule has 2 saturated heterocycles. The van der Waals surface area contributed by atoms with Crippen molar-refractivity contribution in [2.45, 2.75) is 32.0 Å². The van der Waals surface area contributed by atoms with E-state index in [2.05, 4.69) is 5.32 Å². The summed E-state index contributed by atoms with van der Waals surface area (Å²) in [5, 5.41) is 11.9. The van der Waals surface area contributed by atoms with E-state index in [-0.39, 0.29) is 23.8 Å². The number of hydrogen-bond acceptors (Lipinski definition) is 3. The number of hydrogen-bond donors (Lipinski definition) is 2. The molecule has 6 nitrogen and oxygen atoms in total. The minimum atomic E-state index is -0.993. The molecule has 112 valence electrons. The van der Waals surface area contributed by atoms with Crippen LogP contribution >= 0.6 is 0 Å². The van der Waals surface area contributed by atoms with Crippen LogP contribution in [0.15, 0.2) is 18.2 Å². The van der Waals surface area contributed by atoms with Crippen molar-refractivity contribution in [2.75, 3.05) is 18.4 Å². The molecular weight excluding hydrogens is 272 g/mol. The van der Waals surface area contributed by atoms with Gasteiger partial charge in [0, 0.05) is 18.8 Å². The Morgan fingerprint density at radius 3 is 2.57 bits per heavy atom. The number of likely N-dealkylation sites (tertiary alicyclic amines) is 1. The fourth-order valence-corrected chi connectivity index (χ4v) is 2.98. The van der Waals surface area contributed by atoms with E-state index in [9.17, 15) is 9.59 Å². The van der Waals surface area contributed by atoms with Crippen molar-refractivity contribution in [1.82, 2.24) is 4.90 Å². The van der Waals surface area contributed by atoms with Gasteiger partial charge in [-0.1, -0.05) is 6.07 Å². The highest BCUT2D eigenvalue weighted by molar-refractivity contribution is 5.95. The standard InChI is InChI=1S/C15H18N2O4/c1-9-12(14(18)19)3-2-4-13(9)16-15(20)17-7-10-5-6-11(8-17)21-10/h2-4,10-11H,5-8H2,1H3,(H,16,20)(H,18,19). The first-order valence-corrected chi connectivity index (χ1v) is 7.09. The van der Waals surface area contributed by atoms with Crippen molar-refractivity contribution < 1.29 is 19.4 Å². The number of urea groups is 1. The van der Waals surface area contributed by atoms with Crippen LogP contribution in [0.1, 0.15) is 28.8 Å². The Balaban J connectivity index is 1.73. The molecule has 1 aromatic rings. The van der Waals surface area contributed by atoms with Gasteiger partial charge < -0.3 is 20.1 Å². The van der Waals surface area contributed by atoms with Gasteiger partial charge in [-0.3, -0.25) is 0 Å². The third-order valence-electron chi connectivity index (χ3n) is 4.14. The number of rotatable bonds is 2. The first kappa shape index (κ1) is 13.9. The van der Waals surface area contributed by atoms with Crippen molar-refractivity contribution in [3.63, 3.8) is 0 Å². The molecule has 6 heteroatoms. The summed E-state index contributed by atoms with van der Waals surface area (Å²) in [6.45, 7) is 2.89. The second-order valence-electron chi connectivity index (χ2n) is 5.58. The molecule has 21 heavy (non-hydrogen) atoms. The van der Waals surface area contributed by atoms with Crippen molar-refractivity contribution in [3.05, 3.63) is 29.3 Å². The molecule has 1 aromatic carbocycles. The lowest BCUT2D eigenvalue weighted by molar-refractivity contribution is -0.0219. The predicted octanol–water partition coefficient (Wildman–Crippen LogP) is 2.09. The average Bonchev–Trinajstić information content (AvgIpc) is 2.79. The van der Waals surface area contributed by atoms with E-state index in [0.717, 1.165) is 12.8 Å². The van der Waals surface area contributed by atoms with Crippen LogP contribution < -0.4 is 5.32 Å². The number of carboxylic acids is 1. The highest BCUT2D eigenvalue weighted by atomic mass is 16.5. The fraction of sp³-hybridized carbons (Fsp3) is 0.467. The quantitative estimate of drug-likeness (QED) is 0.874. The highest BCUT2D eigenvalue weighted by Crippen LogP contribution is 2.27. The van der Waals surface area contributed by atoms with E-state index in [1.807, 2.05) is 0 Å². The Labute approximate surface area is 122 Å². The molecule has 2 atom stereocenters. The number of carbonyl (C=O) groups is 2. The zero-order valence-electron chi connectivity index (χ0n) is 11.8. The number of fused-ring (bicyclic) bond motifs is 2. The Morgan fingerprint density at radius 1 is 1.29 bits per heavy atom. The summed E-state index contributed by atoms with van der Waals surface area (Å²) in [6, 6.07) is 4.69. The van der Waals surface area contributed by atoms with E-state index >= 15 is 0 Å². The molecule has 0 radical (unpaired) electrons.